The SMILES string of the molecule is CCCCCCCCCCCn1cccc1C. The van der Waals surface area contributed by atoms with Gasteiger partial charge in [-0.25, -0.2) is 0 Å². The smallest absolute Gasteiger partial charge is 0.0222 e. The first-order chi connectivity index (χ1) is 8.34. The molecule has 1 aromatic rings. The summed E-state index contributed by atoms with van der Waals surface area (Å²) in [6, 6.07) is 4.33. The van der Waals surface area contributed by atoms with E-state index in [1.807, 2.05) is 0 Å². The van der Waals surface area contributed by atoms with E-state index in [-0.39, 0.29) is 0 Å². The first-order valence-corrected chi connectivity index (χ1v) is 7.46. The van der Waals surface area contributed by atoms with Crippen LogP contribution >= 0.6 is 0 Å². The van der Waals surface area contributed by atoms with Crippen molar-refractivity contribution >= 4 is 0 Å². The van der Waals surface area contributed by atoms with Gasteiger partial charge in [0.1, 0.15) is 0 Å². The Morgan fingerprint density at radius 2 is 1.47 bits per heavy atom. The van der Waals surface area contributed by atoms with Crippen LogP contribution in [0.25, 0.3) is 0 Å². The van der Waals surface area contributed by atoms with E-state index in [2.05, 4.69) is 36.7 Å². The van der Waals surface area contributed by atoms with Gasteiger partial charge in [0.25, 0.3) is 0 Å². The molecule has 0 aliphatic carbocycles. The predicted molar refractivity (Wildman–Crippen MR) is 76.4 cm³/mol. The summed E-state index contributed by atoms with van der Waals surface area (Å²) in [6.45, 7) is 5.67. The Hall–Kier alpha value is -0.720. The molecule has 1 heteroatoms. The quantitative estimate of drug-likeness (QED) is 0.483. The van der Waals surface area contributed by atoms with Crippen molar-refractivity contribution in [2.45, 2.75) is 78.2 Å². The van der Waals surface area contributed by atoms with E-state index in [1.165, 1.54) is 70.0 Å². The lowest BCUT2D eigenvalue weighted by Gasteiger charge is -2.06. The highest BCUT2D eigenvalue weighted by atomic mass is 14.9. The second-order valence-electron chi connectivity index (χ2n) is 5.17. The zero-order chi connectivity index (χ0) is 12.3. The molecule has 98 valence electrons. The lowest BCUT2D eigenvalue weighted by molar-refractivity contribution is 0.536. The van der Waals surface area contributed by atoms with E-state index in [0.29, 0.717) is 0 Å². The van der Waals surface area contributed by atoms with E-state index >= 15 is 0 Å². The predicted octanol–water partition coefficient (Wildman–Crippen LogP) is 5.33. The fraction of sp³-hybridized carbons (Fsp3) is 0.750. The molecule has 0 fully saturated rings. The summed E-state index contributed by atoms with van der Waals surface area (Å²) in [5.74, 6) is 0. The Balaban J connectivity index is 1.86. The maximum atomic E-state index is 2.36. The standard InChI is InChI=1S/C16H29N/c1-3-4-5-6-7-8-9-10-11-14-17-15-12-13-16(17)2/h12-13,15H,3-11,14H2,1-2H3. The average molecular weight is 235 g/mol. The van der Waals surface area contributed by atoms with Crippen LogP contribution < -0.4 is 0 Å². The summed E-state index contributed by atoms with van der Waals surface area (Å²) in [6.07, 6.45) is 14.9. The first kappa shape index (κ1) is 14.3. The second-order valence-corrected chi connectivity index (χ2v) is 5.17. The molecular weight excluding hydrogens is 206 g/mol. The van der Waals surface area contributed by atoms with Gasteiger partial charge in [0.05, 0.1) is 0 Å². The number of unbranched alkanes of at least 4 members (excludes halogenated alkanes) is 8. The number of rotatable bonds is 10. The lowest BCUT2D eigenvalue weighted by Crippen LogP contribution is -1.97. The highest BCUT2D eigenvalue weighted by molar-refractivity contribution is 5.03. The molecule has 0 saturated carbocycles. The van der Waals surface area contributed by atoms with Crippen molar-refractivity contribution in [2.75, 3.05) is 0 Å². The first-order valence-electron chi connectivity index (χ1n) is 7.46. The molecule has 0 spiro atoms. The Bertz CT molecular complexity index is 275. The van der Waals surface area contributed by atoms with Gasteiger partial charge in [-0.05, 0) is 25.5 Å². The Morgan fingerprint density at radius 1 is 0.882 bits per heavy atom. The van der Waals surface area contributed by atoms with Crippen LogP contribution in [0.15, 0.2) is 18.3 Å². The maximum Gasteiger partial charge on any atom is 0.0222 e. The zero-order valence-electron chi connectivity index (χ0n) is 11.8. The van der Waals surface area contributed by atoms with E-state index < -0.39 is 0 Å². The molecule has 0 aliphatic heterocycles. The van der Waals surface area contributed by atoms with Crippen molar-refractivity contribution in [2.24, 2.45) is 0 Å². The number of aryl methyl sites for hydroxylation is 2. The van der Waals surface area contributed by atoms with Gasteiger partial charge in [0.2, 0.25) is 0 Å². The highest BCUT2D eigenvalue weighted by Crippen LogP contribution is 2.10. The number of hydrogen-bond donors (Lipinski definition) is 0. The molecule has 0 unspecified atom stereocenters. The van der Waals surface area contributed by atoms with Gasteiger partial charge < -0.3 is 4.57 Å². The van der Waals surface area contributed by atoms with Crippen LogP contribution in [0.5, 0.6) is 0 Å². The summed E-state index contributed by atoms with van der Waals surface area (Å²) >= 11 is 0. The van der Waals surface area contributed by atoms with Crippen LogP contribution in [0, 0.1) is 6.92 Å². The fourth-order valence-corrected chi connectivity index (χ4v) is 2.34. The monoisotopic (exact) mass is 235 g/mol. The minimum absolute atomic E-state index is 1.20. The van der Waals surface area contributed by atoms with E-state index in [9.17, 15) is 0 Å². The van der Waals surface area contributed by atoms with Crippen molar-refractivity contribution in [1.82, 2.24) is 4.57 Å². The van der Waals surface area contributed by atoms with Crippen LogP contribution in [0.1, 0.15) is 70.4 Å². The minimum Gasteiger partial charge on any atom is -0.352 e. The molecule has 0 radical (unpaired) electrons. The number of nitrogens with zero attached hydrogens (tertiary/aromatic N) is 1. The summed E-state index contributed by atoms with van der Waals surface area (Å²) in [5.41, 5.74) is 1.39. The van der Waals surface area contributed by atoms with Gasteiger partial charge in [-0.15, -0.1) is 0 Å². The van der Waals surface area contributed by atoms with Crippen LogP contribution in [-0.4, -0.2) is 4.57 Å². The van der Waals surface area contributed by atoms with Crippen molar-refractivity contribution < 1.29 is 0 Å². The van der Waals surface area contributed by atoms with Gasteiger partial charge in [-0.2, -0.15) is 0 Å². The molecule has 1 nitrogen and oxygen atoms in total. The Morgan fingerprint density at radius 3 is 2.00 bits per heavy atom. The molecule has 0 saturated heterocycles. The Kier molecular flexibility index (Phi) is 7.87. The van der Waals surface area contributed by atoms with Gasteiger partial charge in [0.15, 0.2) is 0 Å². The molecule has 0 atom stereocenters. The van der Waals surface area contributed by atoms with Gasteiger partial charge in [0, 0.05) is 18.4 Å². The van der Waals surface area contributed by atoms with E-state index in [4.69, 9.17) is 0 Å². The molecule has 0 N–H and O–H groups in total. The topological polar surface area (TPSA) is 4.93 Å². The molecular formula is C16H29N. The largest absolute Gasteiger partial charge is 0.352 e. The van der Waals surface area contributed by atoms with Gasteiger partial charge in [-0.1, -0.05) is 58.3 Å². The lowest BCUT2D eigenvalue weighted by atomic mass is 10.1. The van der Waals surface area contributed by atoms with Crippen LogP contribution in [-0.2, 0) is 6.54 Å². The van der Waals surface area contributed by atoms with E-state index in [1.54, 1.807) is 0 Å². The summed E-state index contributed by atoms with van der Waals surface area (Å²) in [7, 11) is 0. The Labute approximate surface area is 107 Å². The maximum absolute atomic E-state index is 2.36. The summed E-state index contributed by atoms with van der Waals surface area (Å²) < 4.78 is 2.36. The molecule has 0 bridgehead atoms. The molecule has 0 aliphatic rings. The van der Waals surface area contributed by atoms with Crippen molar-refractivity contribution in [1.29, 1.82) is 0 Å². The van der Waals surface area contributed by atoms with E-state index in [0.717, 1.165) is 0 Å². The zero-order valence-corrected chi connectivity index (χ0v) is 11.8. The molecule has 1 aromatic heterocycles. The third-order valence-electron chi connectivity index (χ3n) is 3.56. The van der Waals surface area contributed by atoms with Crippen molar-refractivity contribution in [3.8, 4) is 0 Å². The molecule has 17 heavy (non-hydrogen) atoms. The van der Waals surface area contributed by atoms with Crippen molar-refractivity contribution in [3.05, 3.63) is 24.0 Å². The average Bonchev–Trinajstić information content (AvgIpc) is 2.73. The number of aromatic nitrogens is 1. The number of hydrogen-bond acceptors (Lipinski definition) is 0. The van der Waals surface area contributed by atoms with Crippen LogP contribution in [0.4, 0.5) is 0 Å². The van der Waals surface area contributed by atoms with Crippen molar-refractivity contribution in [3.63, 3.8) is 0 Å². The summed E-state index contributed by atoms with van der Waals surface area (Å²) in [4.78, 5) is 0. The third-order valence-corrected chi connectivity index (χ3v) is 3.56. The van der Waals surface area contributed by atoms with Gasteiger partial charge in [-0.3, -0.25) is 0 Å². The minimum atomic E-state index is 1.20. The molecule has 1 heterocycles. The molecule has 1 rings (SSSR count). The van der Waals surface area contributed by atoms with Crippen LogP contribution in [0.3, 0.4) is 0 Å². The third kappa shape index (κ3) is 6.55. The summed E-state index contributed by atoms with van der Waals surface area (Å²) in [5, 5.41) is 0. The fourth-order valence-electron chi connectivity index (χ4n) is 2.34. The normalized spacial score (nSPS) is 10.9. The van der Waals surface area contributed by atoms with Gasteiger partial charge >= 0.3 is 0 Å². The molecule has 0 amide bonds. The second kappa shape index (κ2) is 9.32. The molecule has 0 aromatic carbocycles. The highest BCUT2D eigenvalue weighted by Gasteiger charge is 1.95. The van der Waals surface area contributed by atoms with Crippen LogP contribution in [0.2, 0.25) is 0 Å².